The summed E-state index contributed by atoms with van der Waals surface area (Å²) in [4.78, 5) is 32.8. The number of carbonyl (C=O) groups is 2. The maximum Gasteiger partial charge on any atom is 0.335 e. The Kier molecular flexibility index (Phi) is 6.95. The molecule has 1 atom stereocenters. The minimum atomic E-state index is -4.10. The van der Waals surface area contributed by atoms with Gasteiger partial charge in [-0.05, 0) is 29.8 Å². The van der Waals surface area contributed by atoms with Crippen LogP contribution in [0, 0.1) is 15.9 Å². The summed E-state index contributed by atoms with van der Waals surface area (Å²) in [6.07, 6.45) is 0. The number of halogens is 2. The molecule has 0 saturated heterocycles. The highest BCUT2D eigenvalue weighted by atomic mass is 35.5. The Labute approximate surface area is 174 Å². The maximum absolute atomic E-state index is 13.1. The van der Waals surface area contributed by atoms with Crippen molar-refractivity contribution in [3.05, 3.63) is 68.5 Å². The number of aromatic carboxylic acids is 1. The van der Waals surface area contributed by atoms with Gasteiger partial charge in [-0.1, -0.05) is 17.7 Å². The fraction of sp³-hybridized carbons (Fsp3) is 0.176. The molecule has 13 heteroatoms. The number of carboxylic acid groups (broad SMARTS) is 2. The summed E-state index contributed by atoms with van der Waals surface area (Å²) < 4.78 is 38.0. The summed E-state index contributed by atoms with van der Waals surface area (Å²) in [5.41, 5.74) is -1.45. The van der Waals surface area contributed by atoms with Crippen molar-refractivity contribution in [2.24, 2.45) is 0 Å². The molecule has 30 heavy (non-hydrogen) atoms. The third-order valence-corrected chi connectivity index (χ3v) is 5.82. The molecule has 0 heterocycles. The number of hydrogen-bond acceptors (Lipinski definition) is 7. The average Bonchev–Trinajstić information content (AvgIpc) is 2.63. The van der Waals surface area contributed by atoms with Crippen LogP contribution in [0.15, 0.2) is 36.4 Å². The van der Waals surface area contributed by atoms with E-state index in [0.717, 1.165) is 36.4 Å². The van der Waals surface area contributed by atoms with Crippen LogP contribution < -0.4 is 5.32 Å². The molecule has 0 aliphatic rings. The zero-order chi connectivity index (χ0) is 22.6. The zero-order valence-electron chi connectivity index (χ0n) is 14.9. The second kappa shape index (κ2) is 9.05. The Morgan fingerprint density at radius 1 is 1.20 bits per heavy atom. The number of nitro groups is 1. The van der Waals surface area contributed by atoms with Crippen LogP contribution in [0.3, 0.4) is 0 Å². The number of hydrogen-bond donors (Lipinski definition) is 3. The molecular formula is C17H14ClFN2O8S. The number of aliphatic carboxylic acids is 1. The van der Waals surface area contributed by atoms with Crippen LogP contribution in [0.5, 0.6) is 0 Å². The van der Waals surface area contributed by atoms with Crippen LogP contribution in [0.2, 0.25) is 5.02 Å². The van der Waals surface area contributed by atoms with E-state index in [-0.39, 0.29) is 16.3 Å². The van der Waals surface area contributed by atoms with Gasteiger partial charge in [0.2, 0.25) is 0 Å². The quantitative estimate of drug-likeness (QED) is 0.376. The van der Waals surface area contributed by atoms with Gasteiger partial charge in [0, 0.05) is 11.1 Å². The van der Waals surface area contributed by atoms with Crippen molar-refractivity contribution in [2.75, 3.05) is 11.1 Å². The lowest BCUT2D eigenvalue weighted by atomic mass is 10.1. The molecule has 0 amide bonds. The molecule has 2 aromatic carbocycles. The van der Waals surface area contributed by atoms with Gasteiger partial charge in [-0.15, -0.1) is 0 Å². The molecule has 2 aromatic rings. The Morgan fingerprint density at radius 3 is 2.40 bits per heavy atom. The predicted molar refractivity (Wildman–Crippen MR) is 104 cm³/mol. The number of benzene rings is 2. The molecule has 0 aliphatic carbocycles. The van der Waals surface area contributed by atoms with E-state index in [1.807, 2.05) is 0 Å². The van der Waals surface area contributed by atoms with Crippen molar-refractivity contribution in [3.8, 4) is 0 Å². The highest BCUT2D eigenvalue weighted by Gasteiger charge is 2.29. The van der Waals surface area contributed by atoms with Crippen LogP contribution >= 0.6 is 11.6 Å². The molecule has 2 rings (SSSR count). The monoisotopic (exact) mass is 460 g/mol. The third-order valence-electron chi connectivity index (χ3n) is 3.88. The van der Waals surface area contributed by atoms with Gasteiger partial charge in [-0.2, -0.15) is 0 Å². The Hall–Kier alpha value is -3.25. The van der Waals surface area contributed by atoms with Crippen LogP contribution in [-0.4, -0.2) is 47.3 Å². The van der Waals surface area contributed by atoms with E-state index in [9.17, 15) is 37.6 Å². The van der Waals surface area contributed by atoms with Gasteiger partial charge in [-0.3, -0.25) is 10.1 Å². The van der Waals surface area contributed by atoms with Gasteiger partial charge in [0.15, 0.2) is 9.84 Å². The van der Waals surface area contributed by atoms with Gasteiger partial charge < -0.3 is 15.5 Å². The van der Waals surface area contributed by atoms with Crippen molar-refractivity contribution in [2.45, 2.75) is 11.8 Å². The average molecular weight is 461 g/mol. The summed E-state index contributed by atoms with van der Waals surface area (Å²) in [5, 5.41) is 31.6. The molecule has 0 spiro atoms. The van der Waals surface area contributed by atoms with Gasteiger partial charge in [-0.25, -0.2) is 22.4 Å². The van der Waals surface area contributed by atoms with E-state index in [4.69, 9.17) is 16.7 Å². The van der Waals surface area contributed by atoms with Crippen molar-refractivity contribution in [1.29, 1.82) is 0 Å². The molecule has 10 nitrogen and oxygen atoms in total. The zero-order valence-corrected chi connectivity index (χ0v) is 16.5. The predicted octanol–water partition coefficient (Wildman–Crippen LogP) is 2.57. The molecular weight excluding hydrogens is 447 g/mol. The molecule has 0 aliphatic heterocycles. The lowest BCUT2D eigenvalue weighted by Crippen LogP contribution is -2.37. The van der Waals surface area contributed by atoms with Crippen molar-refractivity contribution < 1.29 is 37.5 Å². The van der Waals surface area contributed by atoms with E-state index in [0.29, 0.717) is 0 Å². The van der Waals surface area contributed by atoms with Crippen molar-refractivity contribution in [3.63, 3.8) is 0 Å². The smallest absolute Gasteiger partial charge is 0.335 e. The third kappa shape index (κ3) is 5.87. The lowest BCUT2D eigenvalue weighted by molar-refractivity contribution is -0.384. The summed E-state index contributed by atoms with van der Waals surface area (Å²) >= 11 is 5.80. The summed E-state index contributed by atoms with van der Waals surface area (Å²) in [5.74, 6) is -5.37. The summed E-state index contributed by atoms with van der Waals surface area (Å²) in [7, 11) is -4.10. The topological polar surface area (TPSA) is 164 Å². The van der Waals surface area contributed by atoms with Gasteiger partial charge >= 0.3 is 11.9 Å². The first kappa shape index (κ1) is 23.0. The minimum absolute atomic E-state index is 0.0546. The number of nitrogens with one attached hydrogen (secondary N) is 1. The number of sulfone groups is 1. The second-order valence-corrected chi connectivity index (χ2v) is 8.64. The van der Waals surface area contributed by atoms with E-state index in [1.54, 1.807) is 0 Å². The first-order valence-corrected chi connectivity index (χ1v) is 10.2. The normalized spacial score (nSPS) is 12.2. The van der Waals surface area contributed by atoms with Crippen molar-refractivity contribution in [1.82, 2.24) is 0 Å². The second-order valence-electron chi connectivity index (χ2n) is 6.12. The maximum atomic E-state index is 13.1. The number of carboxylic acids is 2. The molecule has 0 radical (unpaired) electrons. The molecule has 0 saturated carbocycles. The lowest BCUT2D eigenvalue weighted by Gasteiger charge is -2.16. The minimum Gasteiger partial charge on any atom is -0.480 e. The number of rotatable bonds is 9. The summed E-state index contributed by atoms with van der Waals surface area (Å²) in [6, 6.07) is 3.96. The Bertz CT molecular complexity index is 1120. The first-order valence-electron chi connectivity index (χ1n) is 8.05. The van der Waals surface area contributed by atoms with Gasteiger partial charge in [0.05, 0.1) is 22.0 Å². The van der Waals surface area contributed by atoms with Crippen LogP contribution in [0.25, 0.3) is 0 Å². The van der Waals surface area contributed by atoms with Crippen LogP contribution in [0.1, 0.15) is 15.9 Å². The molecule has 3 N–H and O–H groups in total. The van der Waals surface area contributed by atoms with Gasteiger partial charge in [0.25, 0.3) is 5.69 Å². The highest BCUT2D eigenvalue weighted by molar-refractivity contribution is 7.90. The number of nitrogens with zero attached hydrogens (tertiary/aromatic N) is 1. The fourth-order valence-electron chi connectivity index (χ4n) is 2.49. The fourth-order valence-corrected chi connectivity index (χ4v) is 4.38. The Balaban J connectivity index is 2.29. The van der Waals surface area contributed by atoms with E-state index in [2.05, 4.69) is 5.32 Å². The number of nitro benzene ring substituents is 1. The van der Waals surface area contributed by atoms with Crippen LogP contribution in [-0.2, 0) is 20.4 Å². The number of anilines is 1. The van der Waals surface area contributed by atoms with E-state index in [1.165, 1.54) is 0 Å². The molecule has 0 aromatic heterocycles. The van der Waals surface area contributed by atoms with E-state index < -0.39 is 61.3 Å². The SMILES string of the molecule is O=C(O)c1ccc(NC(CS(=O)(=O)Cc2ccc(F)cc2Cl)C(=O)O)c([N+](=O)[O-])c1. The Morgan fingerprint density at radius 2 is 1.87 bits per heavy atom. The highest BCUT2D eigenvalue weighted by Crippen LogP contribution is 2.27. The first-order chi connectivity index (χ1) is 13.9. The largest absolute Gasteiger partial charge is 0.480 e. The molecule has 1 unspecified atom stereocenters. The molecule has 0 fully saturated rings. The van der Waals surface area contributed by atoms with Gasteiger partial charge in [0.1, 0.15) is 17.5 Å². The standard InChI is InChI=1S/C17H14ClFN2O8S/c18-12-6-11(19)3-1-10(12)7-30(28,29)8-14(17(24)25)20-13-4-2-9(16(22)23)5-15(13)21(26)27/h1-6,14,20H,7-8H2,(H,22,23)(H,24,25). The summed E-state index contributed by atoms with van der Waals surface area (Å²) in [6.45, 7) is 0. The molecule has 160 valence electrons. The van der Waals surface area contributed by atoms with Crippen molar-refractivity contribution >= 4 is 44.8 Å². The molecule has 0 bridgehead atoms. The van der Waals surface area contributed by atoms with E-state index >= 15 is 0 Å². The van der Waals surface area contributed by atoms with Crippen LogP contribution in [0.4, 0.5) is 15.8 Å².